The minimum absolute atomic E-state index is 0.0294. The van der Waals surface area contributed by atoms with Crippen LogP contribution in [0.15, 0.2) is 48.5 Å². The Labute approximate surface area is 124 Å². The number of hydrogen-bond donors (Lipinski definition) is 3. The lowest BCUT2D eigenvalue weighted by molar-refractivity contribution is -0.115. The molecule has 0 fully saturated rings. The monoisotopic (exact) mass is 284 g/mol. The fraction of sp³-hybridized carbons (Fsp3) is 0.235. The Hall–Kier alpha value is -2.17. The van der Waals surface area contributed by atoms with Gasteiger partial charge in [-0.05, 0) is 35.7 Å². The van der Waals surface area contributed by atoms with Crippen molar-refractivity contribution in [3.05, 3.63) is 65.2 Å². The van der Waals surface area contributed by atoms with E-state index in [1.807, 2.05) is 55.5 Å². The first-order valence-electron chi connectivity index (χ1n) is 6.93. The van der Waals surface area contributed by atoms with Crippen LogP contribution >= 0.6 is 0 Å². The van der Waals surface area contributed by atoms with Gasteiger partial charge in [-0.3, -0.25) is 4.79 Å². The molecule has 1 amide bonds. The topological polar surface area (TPSA) is 61.4 Å². The van der Waals surface area contributed by atoms with Crippen molar-refractivity contribution in [1.82, 2.24) is 5.32 Å². The van der Waals surface area contributed by atoms with Crippen LogP contribution in [0.4, 0.5) is 5.69 Å². The molecule has 2 aromatic carbocycles. The molecule has 0 atom stereocenters. The van der Waals surface area contributed by atoms with Gasteiger partial charge in [0.15, 0.2) is 0 Å². The number of carbonyl (C=O) groups excluding carboxylic acids is 1. The Morgan fingerprint density at radius 1 is 1.10 bits per heavy atom. The van der Waals surface area contributed by atoms with Crippen LogP contribution in [-0.2, 0) is 17.9 Å². The van der Waals surface area contributed by atoms with Crippen molar-refractivity contribution in [2.75, 3.05) is 11.9 Å². The lowest BCUT2D eigenvalue weighted by Crippen LogP contribution is -2.27. The summed E-state index contributed by atoms with van der Waals surface area (Å²) in [6.07, 6.45) is 0. The second-order valence-electron chi connectivity index (χ2n) is 5.00. The molecule has 0 saturated heterocycles. The Balaban J connectivity index is 1.79. The zero-order chi connectivity index (χ0) is 15.1. The number of aliphatic hydroxyl groups is 1. The van der Waals surface area contributed by atoms with Gasteiger partial charge < -0.3 is 15.7 Å². The van der Waals surface area contributed by atoms with E-state index in [2.05, 4.69) is 10.6 Å². The van der Waals surface area contributed by atoms with Crippen molar-refractivity contribution in [2.24, 2.45) is 0 Å². The molecule has 0 heterocycles. The van der Waals surface area contributed by atoms with E-state index in [4.69, 9.17) is 5.11 Å². The quantitative estimate of drug-likeness (QED) is 0.762. The van der Waals surface area contributed by atoms with Gasteiger partial charge in [-0.15, -0.1) is 0 Å². The molecule has 0 aliphatic carbocycles. The summed E-state index contributed by atoms with van der Waals surface area (Å²) in [4.78, 5) is 11.8. The Morgan fingerprint density at radius 2 is 1.86 bits per heavy atom. The smallest absolute Gasteiger partial charge is 0.238 e. The third kappa shape index (κ3) is 5.02. The van der Waals surface area contributed by atoms with E-state index < -0.39 is 0 Å². The lowest BCUT2D eigenvalue weighted by atomic mass is 10.1. The largest absolute Gasteiger partial charge is 0.392 e. The zero-order valence-electron chi connectivity index (χ0n) is 12.1. The molecule has 2 rings (SSSR count). The molecular formula is C17H20N2O2. The van der Waals surface area contributed by atoms with Crippen molar-refractivity contribution < 1.29 is 9.90 Å². The summed E-state index contributed by atoms with van der Waals surface area (Å²) in [5.74, 6) is -0.0705. The number of anilines is 1. The van der Waals surface area contributed by atoms with E-state index in [0.717, 1.165) is 22.4 Å². The van der Waals surface area contributed by atoms with Gasteiger partial charge in [-0.2, -0.15) is 0 Å². The average Bonchev–Trinajstić information content (AvgIpc) is 2.47. The fourth-order valence-electron chi connectivity index (χ4n) is 2.09. The summed E-state index contributed by atoms with van der Waals surface area (Å²) < 4.78 is 0. The maximum atomic E-state index is 11.8. The maximum Gasteiger partial charge on any atom is 0.238 e. The normalized spacial score (nSPS) is 10.4. The average molecular weight is 284 g/mol. The predicted octanol–water partition coefficient (Wildman–Crippen LogP) is 2.22. The van der Waals surface area contributed by atoms with Crippen molar-refractivity contribution in [1.29, 1.82) is 0 Å². The van der Waals surface area contributed by atoms with E-state index in [1.165, 1.54) is 0 Å². The van der Waals surface area contributed by atoms with Crippen LogP contribution in [0.25, 0.3) is 0 Å². The maximum absolute atomic E-state index is 11.8. The van der Waals surface area contributed by atoms with Crippen LogP contribution in [-0.4, -0.2) is 17.6 Å². The first kappa shape index (κ1) is 15.2. The van der Waals surface area contributed by atoms with E-state index in [9.17, 15) is 4.79 Å². The summed E-state index contributed by atoms with van der Waals surface area (Å²) in [5, 5.41) is 15.0. The van der Waals surface area contributed by atoms with Gasteiger partial charge in [0.2, 0.25) is 5.91 Å². The van der Waals surface area contributed by atoms with E-state index in [-0.39, 0.29) is 19.1 Å². The molecule has 0 aliphatic rings. The number of aryl methyl sites for hydroxylation is 1. The van der Waals surface area contributed by atoms with Crippen molar-refractivity contribution in [3.8, 4) is 0 Å². The third-order valence-electron chi connectivity index (χ3n) is 3.09. The molecule has 0 bridgehead atoms. The van der Waals surface area contributed by atoms with Crippen molar-refractivity contribution in [2.45, 2.75) is 20.1 Å². The molecule has 0 spiro atoms. The van der Waals surface area contributed by atoms with E-state index in [0.29, 0.717) is 6.54 Å². The molecule has 2 aromatic rings. The van der Waals surface area contributed by atoms with Crippen molar-refractivity contribution in [3.63, 3.8) is 0 Å². The Kier molecular flexibility index (Phi) is 5.49. The molecule has 110 valence electrons. The molecule has 0 saturated carbocycles. The van der Waals surface area contributed by atoms with Crippen molar-refractivity contribution >= 4 is 11.6 Å². The summed E-state index contributed by atoms with van der Waals surface area (Å²) in [6, 6.07) is 15.4. The van der Waals surface area contributed by atoms with Gasteiger partial charge in [0.1, 0.15) is 0 Å². The second-order valence-corrected chi connectivity index (χ2v) is 5.00. The Morgan fingerprint density at radius 3 is 2.62 bits per heavy atom. The summed E-state index contributed by atoms with van der Waals surface area (Å²) in [6.45, 7) is 2.86. The molecule has 0 unspecified atom stereocenters. The van der Waals surface area contributed by atoms with Gasteiger partial charge >= 0.3 is 0 Å². The lowest BCUT2D eigenvalue weighted by Gasteiger charge is -2.08. The van der Waals surface area contributed by atoms with Crippen LogP contribution in [0.5, 0.6) is 0 Å². The number of amides is 1. The first-order valence-corrected chi connectivity index (χ1v) is 6.93. The summed E-state index contributed by atoms with van der Waals surface area (Å²) in [7, 11) is 0. The number of hydrogen-bond acceptors (Lipinski definition) is 3. The highest BCUT2D eigenvalue weighted by atomic mass is 16.3. The van der Waals surface area contributed by atoms with Crippen LogP contribution in [0.3, 0.4) is 0 Å². The zero-order valence-corrected chi connectivity index (χ0v) is 12.1. The molecule has 0 radical (unpaired) electrons. The van der Waals surface area contributed by atoms with Gasteiger partial charge in [0.25, 0.3) is 0 Å². The highest BCUT2D eigenvalue weighted by Crippen LogP contribution is 2.09. The third-order valence-corrected chi connectivity index (χ3v) is 3.09. The minimum Gasteiger partial charge on any atom is -0.392 e. The number of carbonyl (C=O) groups is 1. The van der Waals surface area contributed by atoms with Crippen LogP contribution in [0.1, 0.15) is 16.7 Å². The molecular weight excluding hydrogens is 264 g/mol. The number of rotatable bonds is 6. The molecule has 0 aromatic heterocycles. The number of aliphatic hydroxyl groups excluding tert-OH is 1. The minimum atomic E-state index is -0.0705. The van der Waals surface area contributed by atoms with Crippen LogP contribution < -0.4 is 10.6 Å². The second kappa shape index (κ2) is 7.57. The van der Waals surface area contributed by atoms with Gasteiger partial charge in [-0.25, -0.2) is 0 Å². The van der Waals surface area contributed by atoms with Crippen LogP contribution in [0.2, 0.25) is 0 Å². The molecule has 0 aliphatic heterocycles. The molecule has 3 N–H and O–H groups in total. The Bertz CT molecular complexity index is 611. The molecule has 4 nitrogen and oxygen atoms in total. The van der Waals surface area contributed by atoms with E-state index in [1.54, 1.807) is 0 Å². The molecule has 4 heteroatoms. The summed E-state index contributed by atoms with van der Waals surface area (Å²) >= 11 is 0. The standard InChI is InChI=1S/C17H20N2O2/c1-13-4-2-7-16(8-13)19-17(21)11-18-10-14-5-3-6-15(9-14)12-20/h2-9,18,20H,10-12H2,1H3,(H,19,21). The SMILES string of the molecule is Cc1cccc(NC(=O)CNCc2cccc(CO)c2)c1. The first-order chi connectivity index (χ1) is 10.2. The van der Waals surface area contributed by atoms with E-state index >= 15 is 0 Å². The van der Waals surface area contributed by atoms with Gasteiger partial charge in [0, 0.05) is 12.2 Å². The highest BCUT2D eigenvalue weighted by Gasteiger charge is 2.02. The predicted molar refractivity (Wildman–Crippen MR) is 83.9 cm³/mol. The highest BCUT2D eigenvalue weighted by molar-refractivity contribution is 5.92. The van der Waals surface area contributed by atoms with Gasteiger partial charge in [0.05, 0.1) is 13.2 Å². The summed E-state index contributed by atoms with van der Waals surface area (Å²) in [5.41, 5.74) is 3.84. The number of benzene rings is 2. The number of nitrogens with one attached hydrogen (secondary N) is 2. The fourth-order valence-corrected chi connectivity index (χ4v) is 2.09. The molecule has 21 heavy (non-hydrogen) atoms. The van der Waals surface area contributed by atoms with Crippen LogP contribution in [0, 0.1) is 6.92 Å². The van der Waals surface area contributed by atoms with Gasteiger partial charge in [-0.1, -0.05) is 36.4 Å².